The molecule has 2 saturated heterocycles. The van der Waals surface area contributed by atoms with Gasteiger partial charge in [-0.15, -0.1) is 0 Å². The van der Waals surface area contributed by atoms with Crippen molar-refractivity contribution in [1.82, 2.24) is 14.8 Å². The standard InChI is InChI=1S/C23H25N3O2.C2H4O2/c1-25-12-18-13-26(23(27)17-4-3-15-9-10-24-21(15)11-17)14-20(18)22(25)16-5-7-19(28-2)8-6-16;1-2(3)4/h3-11,18,20,22,24H,12-14H2,1-2H3;1H3,(H,3,4)/t18-,20+,22+;/m0./s1. The number of aliphatic carboxylic acids is 1. The molecule has 1 aromatic heterocycles. The van der Waals surface area contributed by atoms with Crippen molar-refractivity contribution in [3.8, 4) is 5.75 Å². The number of benzene rings is 2. The largest absolute Gasteiger partial charge is 0.497 e. The van der Waals surface area contributed by atoms with Crippen molar-refractivity contribution < 1.29 is 19.4 Å². The van der Waals surface area contributed by atoms with E-state index in [9.17, 15) is 4.79 Å². The minimum atomic E-state index is -0.833. The number of H-pyrrole nitrogens is 1. The second kappa shape index (κ2) is 9.04. The van der Waals surface area contributed by atoms with Crippen molar-refractivity contribution in [1.29, 1.82) is 0 Å². The normalized spacial score (nSPS) is 22.3. The number of carbonyl (C=O) groups is 2. The number of carboxylic acids is 1. The Balaban J connectivity index is 0.000000567. The molecule has 2 aromatic carbocycles. The summed E-state index contributed by atoms with van der Waals surface area (Å²) in [5.41, 5.74) is 3.09. The SMILES string of the molecule is CC(=O)O.COc1ccc([C@@H]2[C@@H]3CN(C(=O)c4ccc5cc[nH]c5c4)C[C@@H]3CN2C)cc1. The lowest BCUT2D eigenvalue weighted by molar-refractivity contribution is -0.134. The molecule has 3 aromatic rings. The summed E-state index contributed by atoms with van der Waals surface area (Å²) in [6.45, 7) is 3.76. The molecule has 0 radical (unpaired) electrons. The number of carboxylic acid groups (broad SMARTS) is 1. The molecule has 0 aliphatic carbocycles. The minimum absolute atomic E-state index is 0.141. The fourth-order valence-electron chi connectivity index (χ4n) is 5.09. The van der Waals surface area contributed by atoms with E-state index in [4.69, 9.17) is 14.6 Å². The molecule has 2 N–H and O–H groups in total. The van der Waals surface area contributed by atoms with E-state index in [2.05, 4.69) is 29.1 Å². The van der Waals surface area contributed by atoms with Crippen LogP contribution < -0.4 is 4.74 Å². The van der Waals surface area contributed by atoms with E-state index in [0.29, 0.717) is 17.9 Å². The molecule has 32 heavy (non-hydrogen) atoms. The van der Waals surface area contributed by atoms with E-state index in [1.807, 2.05) is 47.5 Å². The van der Waals surface area contributed by atoms with E-state index < -0.39 is 5.97 Å². The van der Waals surface area contributed by atoms with E-state index in [1.54, 1.807) is 7.11 Å². The van der Waals surface area contributed by atoms with Gasteiger partial charge in [0.1, 0.15) is 5.75 Å². The molecule has 7 heteroatoms. The van der Waals surface area contributed by atoms with Gasteiger partial charge < -0.3 is 19.7 Å². The Hall–Kier alpha value is -3.32. The molecule has 168 valence electrons. The number of hydrogen-bond donors (Lipinski definition) is 2. The molecule has 7 nitrogen and oxygen atoms in total. The Bertz CT molecular complexity index is 1100. The van der Waals surface area contributed by atoms with Crippen LogP contribution in [0, 0.1) is 11.8 Å². The van der Waals surface area contributed by atoms with Crippen molar-refractivity contribution in [2.24, 2.45) is 11.8 Å². The molecule has 2 fully saturated rings. The van der Waals surface area contributed by atoms with Crippen molar-refractivity contribution in [2.45, 2.75) is 13.0 Å². The fraction of sp³-hybridized carbons (Fsp3) is 0.360. The number of aromatic amines is 1. The summed E-state index contributed by atoms with van der Waals surface area (Å²) in [5, 5.41) is 8.55. The van der Waals surface area contributed by atoms with Gasteiger partial charge >= 0.3 is 0 Å². The van der Waals surface area contributed by atoms with Gasteiger partial charge in [-0.3, -0.25) is 14.5 Å². The zero-order valence-electron chi connectivity index (χ0n) is 18.6. The first-order valence-corrected chi connectivity index (χ1v) is 10.8. The van der Waals surface area contributed by atoms with Crippen molar-refractivity contribution in [2.75, 3.05) is 33.8 Å². The number of carbonyl (C=O) groups excluding carboxylic acids is 1. The first kappa shape index (κ1) is 21.9. The van der Waals surface area contributed by atoms with Crippen molar-refractivity contribution >= 4 is 22.8 Å². The lowest BCUT2D eigenvalue weighted by Crippen LogP contribution is -2.33. The number of ether oxygens (including phenoxy) is 1. The molecule has 0 unspecified atom stereocenters. The van der Waals surface area contributed by atoms with Gasteiger partial charge in [-0.2, -0.15) is 0 Å². The smallest absolute Gasteiger partial charge is 0.300 e. The van der Waals surface area contributed by atoms with Crippen LogP contribution >= 0.6 is 0 Å². The number of fused-ring (bicyclic) bond motifs is 2. The van der Waals surface area contributed by atoms with Crippen LogP contribution in [-0.4, -0.2) is 65.6 Å². The van der Waals surface area contributed by atoms with E-state index in [0.717, 1.165) is 48.8 Å². The third kappa shape index (κ3) is 4.34. The van der Waals surface area contributed by atoms with E-state index >= 15 is 0 Å². The average Bonchev–Trinajstić information content (AvgIpc) is 3.46. The average molecular weight is 436 g/mol. The zero-order valence-corrected chi connectivity index (χ0v) is 18.6. The quantitative estimate of drug-likeness (QED) is 0.656. The third-order valence-electron chi connectivity index (χ3n) is 6.44. The second-order valence-corrected chi connectivity index (χ2v) is 8.59. The number of hydrogen-bond acceptors (Lipinski definition) is 4. The highest BCUT2D eigenvalue weighted by atomic mass is 16.5. The molecule has 5 rings (SSSR count). The molecule has 2 aliphatic heterocycles. The van der Waals surface area contributed by atoms with Crippen LogP contribution in [0.5, 0.6) is 5.75 Å². The third-order valence-corrected chi connectivity index (χ3v) is 6.44. The molecular weight excluding hydrogens is 406 g/mol. The summed E-state index contributed by atoms with van der Waals surface area (Å²) in [6, 6.07) is 16.7. The number of nitrogens with one attached hydrogen (secondary N) is 1. The van der Waals surface area contributed by atoms with Gasteiger partial charge in [0.05, 0.1) is 7.11 Å². The highest BCUT2D eigenvalue weighted by Gasteiger charge is 2.47. The van der Waals surface area contributed by atoms with Gasteiger partial charge in [-0.05, 0) is 54.2 Å². The lowest BCUT2D eigenvalue weighted by atomic mass is 9.89. The summed E-state index contributed by atoms with van der Waals surface area (Å²) >= 11 is 0. The minimum Gasteiger partial charge on any atom is -0.497 e. The highest BCUT2D eigenvalue weighted by Crippen LogP contribution is 2.44. The van der Waals surface area contributed by atoms with Crippen LogP contribution in [0.4, 0.5) is 0 Å². The summed E-state index contributed by atoms with van der Waals surface area (Å²) in [6.07, 6.45) is 1.91. The zero-order chi connectivity index (χ0) is 22.8. The van der Waals surface area contributed by atoms with Crippen LogP contribution in [-0.2, 0) is 4.79 Å². The van der Waals surface area contributed by atoms with Gasteiger partial charge in [-0.25, -0.2) is 0 Å². The second-order valence-electron chi connectivity index (χ2n) is 8.59. The molecular formula is C25H29N3O4. The number of rotatable bonds is 3. The number of likely N-dealkylation sites (tertiary alicyclic amines) is 2. The Morgan fingerprint density at radius 3 is 2.47 bits per heavy atom. The maximum Gasteiger partial charge on any atom is 0.300 e. The Kier molecular flexibility index (Phi) is 6.19. The van der Waals surface area contributed by atoms with Crippen molar-refractivity contribution in [3.63, 3.8) is 0 Å². The summed E-state index contributed by atoms with van der Waals surface area (Å²) in [7, 11) is 3.89. The molecule has 0 bridgehead atoms. The molecule has 1 amide bonds. The molecule has 0 spiro atoms. The summed E-state index contributed by atoms with van der Waals surface area (Å²) in [4.78, 5) is 29.8. The van der Waals surface area contributed by atoms with Gasteiger partial charge in [0.25, 0.3) is 11.9 Å². The predicted octanol–water partition coefficient (Wildman–Crippen LogP) is 3.64. The van der Waals surface area contributed by atoms with Crippen LogP contribution in [0.2, 0.25) is 0 Å². The number of methoxy groups -OCH3 is 1. The first-order valence-electron chi connectivity index (χ1n) is 10.8. The van der Waals surface area contributed by atoms with E-state index in [1.165, 1.54) is 5.56 Å². The van der Waals surface area contributed by atoms with Gasteiger partial charge in [0, 0.05) is 55.8 Å². The van der Waals surface area contributed by atoms with Gasteiger partial charge in [-0.1, -0.05) is 18.2 Å². The molecule has 2 aliphatic rings. The van der Waals surface area contributed by atoms with Crippen LogP contribution in [0.3, 0.4) is 0 Å². The monoisotopic (exact) mass is 435 g/mol. The molecule has 0 saturated carbocycles. The van der Waals surface area contributed by atoms with Crippen molar-refractivity contribution in [3.05, 3.63) is 65.9 Å². The van der Waals surface area contributed by atoms with Crippen LogP contribution in [0.1, 0.15) is 28.9 Å². The number of amides is 1. The maximum atomic E-state index is 13.1. The Morgan fingerprint density at radius 2 is 1.78 bits per heavy atom. The molecule has 3 heterocycles. The molecule has 3 atom stereocenters. The topological polar surface area (TPSA) is 85.9 Å². The Morgan fingerprint density at radius 1 is 1.06 bits per heavy atom. The summed E-state index contributed by atoms with van der Waals surface area (Å²) < 4.78 is 5.30. The fourth-order valence-corrected chi connectivity index (χ4v) is 5.09. The number of nitrogens with zero attached hydrogens (tertiary/aromatic N) is 2. The predicted molar refractivity (Wildman–Crippen MR) is 123 cm³/mol. The van der Waals surface area contributed by atoms with Crippen LogP contribution in [0.15, 0.2) is 54.7 Å². The van der Waals surface area contributed by atoms with Crippen LogP contribution in [0.25, 0.3) is 10.9 Å². The first-order chi connectivity index (χ1) is 15.4. The Labute approximate surface area is 187 Å². The highest BCUT2D eigenvalue weighted by molar-refractivity contribution is 5.98. The summed E-state index contributed by atoms with van der Waals surface area (Å²) in [5.74, 6) is 1.18. The van der Waals surface area contributed by atoms with E-state index in [-0.39, 0.29) is 5.91 Å². The van der Waals surface area contributed by atoms with Gasteiger partial charge in [0.15, 0.2) is 0 Å². The maximum absolute atomic E-state index is 13.1. The number of aromatic nitrogens is 1. The van der Waals surface area contributed by atoms with Gasteiger partial charge in [0.2, 0.25) is 0 Å². The lowest BCUT2D eigenvalue weighted by Gasteiger charge is -2.27.